The Labute approximate surface area is 181 Å². The minimum Gasteiger partial charge on any atom is -0.465 e. The van der Waals surface area contributed by atoms with E-state index in [2.05, 4.69) is 5.09 Å². The van der Waals surface area contributed by atoms with Crippen molar-refractivity contribution < 1.29 is 18.8 Å². The lowest BCUT2D eigenvalue weighted by atomic mass is 10.2. The average molecular weight is 444 g/mol. The highest BCUT2D eigenvalue weighted by Gasteiger charge is 2.22. The Morgan fingerprint density at radius 2 is 1.93 bits per heavy atom. The highest BCUT2D eigenvalue weighted by atomic mass is 32.1. The number of para-hydroxylation sites is 1. The molecule has 3 rings (SSSR count). The molecule has 0 aliphatic carbocycles. The second-order valence-corrected chi connectivity index (χ2v) is 9.40. The minimum atomic E-state index is -1.20. The van der Waals surface area contributed by atoms with Crippen molar-refractivity contribution in [2.45, 2.75) is 32.5 Å². The van der Waals surface area contributed by atoms with Gasteiger partial charge < -0.3 is 15.0 Å². The summed E-state index contributed by atoms with van der Waals surface area (Å²) in [6.07, 6.45) is 1.37. The Morgan fingerprint density at radius 1 is 1.17 bits per heavy atom. The Balaban J connectivity index is 1.77. The van der Waals surface area contributed by atoms with E-state index in [1.165, 1.54) is 11.3 Å². The van der Waals surface area contributed by atoms with Crippen LogP contribution >= 0.6 is 19.6 Å². The molecule has 0 saturated carbocycles. The SMILES string of the molecule is CCCOC(=O)C(C)NP(Cc1ccc2sc(C(N)=O)cc2c1)Oc1ccccc1. The summed E-state index contributed by atoms with van der Waals surface area (Å²) < 4.78 is 12.4. The Hall–Kier alpha value is -2.47. The first-order valence-corrected chi connectivity index (χ1v) is 12.0. The standard InChI is InChI=1S/C22H25N2O4PS/c1-3-11-27-22(26)15(2)24-29(28-18-7-5-4-6-8-18)14-16-9-10-19-17(12-16)13-20(30-19)21(23)25/h4-10,12-13,15,24H,3,11,14H2,1-2H3,(H2,23,25). The number of benzene rings is 2. The zero-order valence-corrected chi connectivity index (χ0v) is 18.7. The quantitative estimate of drug-likeness (QED) is 0.346. The molecule has 158 valence electrons. The molecule has 30 heavy (non-hydrogen) atoms. The number of thiophene rings is 1. The number of amides is 1. The van der Waals surface area contributed by atoms with Crippen molar-refractivity contribution in [3.63, 3.8) is 0 Å². The number of nitrogens with two attached hydrogens (primary N) is 1. The van der Waals surface area contributed by atoms with Crippen molar-refractivity contribution in [1.29, 1.82) is 0 Å². The lowest BCUT2D eigenvalue weighted by Crippen LogP contribution is -2.33. The minimum absolute atomic E-state index is 0.291. The van der Waals surface area contributed by atoms with Gasteiger partial charge in [0.2, 0.25) is 0 Å². The van der Waals surface area contributed by atoms with Crippen molar-refractivity contribution in [2.75, 3.05) is 6.61 Å². The van der Waals surface area contributed by atoms with Gasteiger partial charge in [-0.05, 0) is 54.6 Å². The predicted octanol–water partition coefficient (Wildman–Crippen LogP) is 4.82. The molecule has 3 N–H and O–H groups in total. The molecule has 1 heterocycles. The molecule has 0 saturated heterocycles. The molecular formula is C22H25N2O4PS. The summed E-state index contributed by atoms with van der Waals surface area (Å²) in [6.45, 7) is 4.14. The van der Waals surface area contributed by atoms with Crippen molar-refractivity contribution in [2.24, 2.45) is 5.73 Å². The van der Waals surface area contributed by atoms with Gasteiger partial charge in [-0.1, -0.05) is 31.2 Å². The summed E-state index contributed by atoms with van der Waals surface area (Å²) in [4.78, 5) is 24.2. The van der Waals surface area contributed by atoms with E-state index in [0.717, 1.165) is 27.8 Å². The number of fused-ring (bicyclic) bond motifs is 1. The number of carbonyl (C=O) groups excluding carboxylic acids is 2. The summed E-state index contributed by atoms with van der Waals surface area (Å²) in [5.74, 6) is 0.0201. The molecule has 0 aliphatic heterocycles. The van der Waals surface area contributed by atoms with Gasteiger partial charge in [-0.25, -0.2) is 0 Å². The predicted molar refractivity (Wildman–Crippen MR) is 122 cm³/mol. The number of esters is 1. The molecule has 3 aromatic rings. The van der Waals surface area contributed by atoms with Crippen LogP contribution in [-0.4, -0.2) is 24.5 Å². The molecular weight excluding hydrogens is 419 g/mol. The Morgan fingerprint density at radius 3 is 2.63 bits per heavy atom. The molecule has 0 radical (unpaired) electrons. The Kier molecular flexibility index (Phi) is 7.80. The molecule has 8 heteroatoms. The molecule has 1 aromatic heterocycles. The molecule has 0 spiro atoms. The van der Waals surface area contributed by atoms with E-state index in [-0.39, 0.29) is 5.97 Å². The number of nitrogens with one attached hydrogen (secondary N) is 1. The maximum absolute atomic E-state index is 12.2. The van der Waals surface area contributed by atoms with E-state index >= 15 is 0 Å². The van der Waals surface area contributed by atoms with Crippen LogP contribution in [0, 0.1) is 0 Å². The second-order valence-electron chi connectivity index (χ2n) is 6.81. The van der Waals surface area contributed by atoms with Crippen LogP contribution in [0.15, 0.2) is 54.6 Å². The molecule has 0 fully saturated rings. The van der Waals surface area contributed by atoms with Gasteiger partial charge in [-0.15, -0.1) is 11.3 Å². The average Bonchev–Trinajstić information content (AvgIpc) is 3.16. The summed E-state index contributed by atoms with van der Waals surface area (Å²) in [5.41, 5.74) is 6.44. The third kappa shape index (κ3) is 6.02. The molecule has 2 aromatic carbocycles. The van der Waals surface area contributed by atoms with E-state index in [9.17, 15) is 9.59 Å². The van der Waals surface area contributed by atoms with Crippen molar-refractivity contribution in [3.8, 4) is 5.75 Å². The van der Waals surface area contributed by atoms with Gasteiger partial charge in [0.25, 0.3) is 5.91 Å². The fourth-order valence-corrected chi connectivity index (χ4v) is 5.33. The molecule has 1 amide bonds. The van der Waals surface area contributed by atoms with Crippen LogP contribution in [0.2, 0.25) is 0 Å². The normalized spacial score (nSPS) is 13.0. The van der Waals surface area contributed by atoms with Crippen LogP contribution in [0.4, 0.5) is 0 Å². The van der Waals surface area contributed by atoms with Gasteiger partial charge in [0, 0.05) is 10.9 Å². The summed E-state index contributed by atoms with van der Waals surface area (Å²) in [5, 5.41) is 4.26. The number of hydrogen-bond acceptors (Lipinski definition) is 6. The number of carbonyl (C=O) groups is 2. The maximum Gasteiger partial charge on any atom is 0.323 e. The van der Waals surface area contributed by atoms with Crippen LogP contribution in [0.5, 0.6) is 5.75 Å². The molecule has 2 unspecified atom stereocenters. The zero-order valence-electron chi connectivity index (χ0n) is 17.0. The number of hydrogen-bond donors (Lipinski definition) is 2. The van der Waals surface area contributed by atoms with Crippen molar-refractivity contribution in [1.82, 2.24) is 5.09 Å². The summed E-state index contributed by atoms with van der Waals surface area (Å²) in [7, 11) is -1.20. The number of primary amides is 1. The first-order chi connectivity index (χ1) is 14.5. The zero-order chi connectivity index (χ0) is 21.5. The monoisotopic (exact) mass is 444 g/mol. The first kappa shape index (κ1) is 22.2. The molecule has 0 aliphatic rings. The summed E-state index contributed by atoms with van der Waals surface area (Å²) >= 11 is 1.38. The smallest absolute Gasteiger partial charge is 0.323 e. The second kappa shape index (κ2) is 10.5. The lowest BCUT2D eigenvalue weighted by Gasteiger charge is -2.23. The topological polar surface area (TPSA) is 90.6 Å². The highest BCUT2D eigenvalue weighted by molar-refractivity contribution is 7.50. The molecule has 6 nitrogen and oxygen atoms in total. The third-order valence-electron chi connectivity index (χ3n) is 4.25. The van der Waals surface area contributed by atoms with Gasteiger partial charge in [0.05, 0.1) is 11.5 Å². The van der Waals surface area contributed by atoms with Gasteiger partial charge in [0.1, 0.15) is 11.8 Å². The van der Waals surface area contributed by atoms with Gasteiger partial charge >= 0.3 is 5.97 Å². The van der Waals surface area contributed by atoms with Crippen LogP contribution < -0.4 is 15.3 Å². The first-order valence-electron chi connectivity index (χ1n) is 9.72. The van der Waals surface area contributed by atoms with Crippen molar-refractivity contribution >= 4 is 41.6 Å². The highest BCUT2D eigenvalue weighted by Crippen LogP contribution is 2.39. The van der Waals surface area contributed by atoms with E-state index < -0.39 is 20.2 Å². The molecule has 0 bridgehead atoms. The largest absolute Gasteiger partial charge is 0.465 e. The fraction of sp³-hybridized carbons (Fsp3) is 0.273. The molecule has 2 atom stereocenters. The third-order valence-corrected chi connectivity index (χ3v) is 7.14. The van der Waals surface area contributed by atoms with Crippen LogP contribution in [0.25, 0.3) is 10.1 Å². The van der Waals surface area contributed by atoms with E-state index in [0.29, 0.717) is 17.6 Å². The van der Waals surface area contributed by atoms with Crippen LogP contribution in [0.3, 0.4) is 0 Å². The van der Waals surface area contributed by atoms with E-state index in [4.69, 9.17) is 15.0 Å². The number of ether oxygens (including phenoxy) is 1. The lowest BCUT2D eigenvalue weighted by molar-refractivity contribution is -0.145. The van der Waals surface area contributed by atoms with Crippen LogP contribution in [-0.2, 0) is 15.7 Å². The van der Waals surface area contributed by atoms with E-state index in [1.54, 1.807) is 6.92 Å². The Bertz CT molecular complexity index is 1010. The van der Waals surface area contributed by atoms with Gasteiger partial charge in [-0.3, -0.25) is 14.7 Å². The maximum atomic E-state index is 12.2. The fourth-order valence-electron chi connectivity index (χ4n) is 2.79. The summed E-state index contributed by atoms with van der Waals surface area (Å²) in [6, 6.07) is 16.9. The van der Waals surface area contributed by atoms with Crippen LogP contribution in [0.1, 0.15) is 35.5 Å². The van der Waals surface area contributed by atoms with Gasteiger partial charge in [-0.2, -0.15) is 0 Å². The van der Waals surface area contributed by atoms with Gasteiger partial charge in [0.15, 0.2) is 8.30 Å². The van der Waals surface area contributed by atoms with E-state index in [1.807, 2.05) is 61.5 Å². The van der Waals surface area contributed by atoms with Crippen molar-refractivity contribution in [3.05, 3.63) is 65.0 Å². The number of rotatable bonds is 10.